The monoisotopic (exact) mass is 324 g/mol. The van der Waals surface area contributed by atoms with Crippen molar-refractivity contribution in [2.24, 2.45) is 0 Å². The van der Waals surface area contributed by atoms with Gasteiger partial charge in [0, 0.05) is 43.3 Å². The van der Waals surface area contributed by atoms with E-state index in [1.165, 1.54) is 24.1 Å². The lowest BCUT2D eigenvalue weighted by Crippen LogP contribution is -2.47. The molecule has 1 fully saturated rings. The first kappa shape index (κ1) is 16.9. The highest BCUT2D eigenvalue weighted by Crippen LogP contribution is 2.23. The lowest BCUT2D eigenvalue weighted by molar-refractivity contribution is 0.176. The zero-order valence-electron chi connectivity index (χ0n) is 15.1. The van der Waals surface area contributed by atoms with E-state index in [0.717, 1.165) is 37.6 Å². The summed E-state index contributed by atoms with van der Waals surface area (Å²) in [6.45, 7) is 10.7. The normalized spacial score (nSPS) is 18.2. The van der Waals surface area contributed by atoms with Crippen LogP contribution in [0.2, 0.25) is 0 Å². The first-order chi connectivity index (χ1) is 11.7. The van der Waals surface area contributed by atoms with Gasteiger partial charge in [-0.3, -0.25) is 14.9 Å². The first-order valence-corrected chi connectivity index (χ1v) is 8.99. The standard InChI is InChI=1S/C20H28N4/c1-4-23(14-18-9-10-21-17(3)12-18)20-6-5-11-24(15-20)19-8-7-16(2)22-13-19/h7-10,12-13,20H,4-6,11,14-15H2,1-3H3/t20-/m0/s1. The molecule has 1 atom stereocenters. The van der Waals surface area contributed by atoms with Crippen molar-refractivity contribution in [3.05, 3.63) is 53.6 Å². The number of rotatable bonds is 5. The van der Waals surface area contributed by atoms with Crippen molar-refractivity contribution < 1.29 is 0 Å². The molecule has 0 unspecified atom stereocenters. The molecule has 0 saturated carbocycles. The van der Waals surface area contributed by atoms with Crippen LogP contribution in [0.5, 0.6) is 0 Å². The fourth-order valence-electron chi connectivity index (χ4n) is 3.57. The summed E-state index contributed by atoms with van der Waals surface area (Å²) in [7, 11) is 0. The van der Waals surface area contributed by atoms with Crippen molar-refractivity contribution in [1.29, 1.82) is 0 Å². The summed E-state index contributed by atoms with van der Waals surface area (Å²) >= 11 is 0. The average Bonchev–Trinajstić information content (AvgIpc) is 2.60. The number of aryl methyl sites for hydroxylation is 2. The summed E-state index contributed by atoms with van der Waals surface area (Å²) in [5.74, 6) is 0. The number of nitrogens with zero attached hydrogens (tertiary/aromatic N) is 4. The topological polar surface area (TPSA) is 32.3 Å². The predicted octanol–water partition coefficient (Wildman–Crippen LogP) is 3.58. The van der Waals surface area contributed by atoms with Crippen LogP contribution in [0.25, 0.3) is 0 Å². The molecule has 128 valence electrons. The Kier molecular flexibility index (Phi) is 5.46. The van der Waals surface area contributed by atoms with E-state index in [9.17, 15) is 0 Å². The lowest BCUT2D eigenvalue weighted by Gasteiger charge is -2.40. The fourth-order valence-corrected chi connectivity index (χ4v) is 3.57. The van der Waals surface area contributed by atoms with E-state index in [1.807, 2.05) is 19.3 Å². The maximum atomic E-state index is 4.46. The summed E-state index contributed by atoms with van der Waals surface area (Å²) in [6, 6.07) is 9.25. The molecule has 4 heteroatoms. The molecule has 0 aliphatic carbocycles. The molecule has 1 saturated heterocycles. The number of aromatic nitrogens is 2. The van der Waals surface area contributed by atoms with Gasteiger partial charge in [-0.15, -0.1) is 0 Å². The molecule has 1 aliphatic heterocycles. The minimum atomic E-state index is 0.596. The van der Waals surface area contributed by atoms with Crippen LogP contribution < -0.4 is 4.90 Å². The van der Waals surface area contributed by atoms with Crippen LogP contribution in [0, 0.1) is 13.8 Å². The molecule has 0 amide bonds. The van der Waals surface area contributed by atoms with Crippen LogP contribution in [0.4, 0.5) is 5.69 Å². The second-order valence-corrected chi connectivity index (χ2v) is 6.77. The van der Waals surface area contributed by atoms with Gasteiger partial charge < -0.3 is 4.90 Å². The maximum Gasteiger partial charge on any atom is 0.0553 e. The molecule has 24 heavy (non-hydrogen) atoms. The van der Waals surface area contributed by atoms with Gasteiger partial charge in [-0.25, -0.2) is 0 Å². The van der Waals surface area contributed by atoms with Gasteiger partial charge in [0.05, 0.1) is 11.9 Å². The predicted molar refractivity (Wildman–Crippen MR) is 99.3 cm³/mol. The maximum absolute atomic E-state index is 4.46. The highest BCUT2D eigenvalue weighted by atomic mass is 15.2. The number of piperidine rings is 1. The van der Waals surface area contributed by atoms with E-state index in [-0.39, 0.29) is 0 Å². The molecule has 3 rings (SSSR count). The van der Waals surface area contributed by atoms with Crippen molar-refractivity contribution in [2.75, 3.05) is 24.5 Å². The van der Waals surface area contributed by atoms with Gasteiger partial charge in [-0.05, 0) is 63.1 Å². The number of anilines is 1. The van der Waals surface area contributed by atoms with Crippen molar-refractivity contribution in [3.8, 4) is 0 Å². The molecule has 2 aromatic heterocycles. The van der Waals surface area contributed by atoms with E-state index in [2.05, 4.69) is 57.9 Å². The second-order valence-electron chi connectivity index (χ2n) is 6.77. The molecule has 0 N–H and O–H groups in total. The SMILES string of the molecule is CCN(Cc1ccnc(C)c1)[C@H]1CCCN(c2ccc(C)nc2)C1. The van der Waals surface area contributed by atoms with Gasteiger partial charge in [0.25, 0.3) is 0 Å². The zero-order chi connectivity index (χ0) is 16.9. The second kappa shape index (κ2) is 7.75. The van der Waals surface area contributed by atoms with Gasteiger partial charge in [-0.1, -0.05) is 6.92 Å². The average molecular weight is 324 g/mol. The van der Waals surface area contributed by atoms with Crippen LogP contribution in [0.15, 0.2) is 36.7 Å². The van der Waals surface area contributed by atoms with E-state index in [4.69, 9.17) is 0 Å². The Bertz CT molecular complexity index is 653. The molecule has 3 heterocycles. The van der Waals surface area contributed by atoms with E-state index in [1.54, 1.807) is 0 Å². The number of hydrogen-bond donors (Lipinski definition) is 0. The Morgan fingerprint density at radius 2 is 2.04 bits per heavy atom. The minimum absolute atomic E-state index is 0.596. The molecular formula is C20H28N4. The van der Waals surface area contributed by atoms with Crippen molar-refractivity contribution >= 4 is 5.69 Å². The highest BCUT2D eigenvalue weighted by Gasteiger charge is 2.25. The Labute approximate surface area is 145 Å². The third kappa shape index (κ3) is 4.12. The van der Waals surface area contributed by atoms with Crippen LogP contribution in [-0.4, -0.2) is 40.5 Å². The van der Waals surface area contributed by atoms with Gasteiger partial charge in [0.1, 0.15) is 0 Å². The van der Waals surface area contributed by atoms with E-state index in [0.29, 0.717) is 6.04 Å². The highest BCUT2D eigenvalue weighted by molar-refractivity contribution is 5.45. The third-order valence-electron chi connectivity index (χ3n) is 4.93. The summed E-state index contributed by atoms with van der Waals surface area (Å²) in [5, 5.41) is 0. The molecule has 0 aromatic carbocycles. The van der Waals surface area contributed by atoms with Crippen LogP contribution >= 0.6 is 0 Å². The lowest BCUT2D eigenvalue weighted by atomic mass is 10.0. The van der Waals surface area contributed by atoms with Crippen molar-refractivity contribution in [2.45, 2.75) is 46.2 Å². The van der Waals surface area contributed by atoms with Crippen molar-refractivity contribution in [1.82, 2.24) is 14.9 Å². The largest absolute Gasteiger partial charge is 0.369 e. The zero-order valence-corrected chi connectivity index (χ0v) is 15.1. The summed E-state index contributed by atoms with van der Waals surface area (Å²) in [5.41, 5.74) is 4.79. The van der Waals surface area contributed by atoms with Gasteiger partial charge in [-0.2, -0.15) is 0 Å². The molecule has 2 aromatic rings. The molecule has 0 spiro atoms. The Morgan fingerprint density at radius 1 is 1.17 bits per heavy atom. The Hall–Kier alpha value is -1.94. The van der Waals surface area contributed by atoms with Crippen LogP contribution in [-0.2, 0) is 6.54 Å². The Morgan fingerprint density at radius 3 is 2.75 bits per heavy atom. The van der Waals surface area contributed by atoms with Crippen LogP contribution in [0.1, 0.15) is 36.7 Å². The van der Waals surface area contributed by atoms with Crippen LogP contribution in [0.3, 0.4) is 0 Å². The Balaban J connectivity index is 1.68. The van der Waals surface area contributed by atoms with Gasteiger partial charge in [0.15, 0.2) is 0 Å². The van der Waals surface area contributed by atoms with Gasteiger partial charge >= 0.3 is 0 Å². The third-order valence-corrected chi connectivity index (χ3v) is 4.93. The summed E-state index contributed by atoms with van der Waals surface area (Å²) < 4.78 is 0. The molecule has 0 radical (unpaired) electrons. The fraction of sp³-hybridized carbons (Fsp3) is 0.500. The molecule has 1 aliphatic rings. The number of hydrogen-bond acceptors (Lipinski definition) is 4. The summed E-state index contributed by atoms with van der Waals surface area (Å²) in [4.78, 5) is 13.9. The van der Waals surface area contributed by atoms with E-state index < -0.39 is 0 Å². The minimum Gasteiger partial charge on any atom is -0.369 e. The van der Waals surface area contributed by atoms with E-state index >= 15 is 0 Å². The first-order valence-electron chi connectivity index (χ1n) is 8.99. The van der Waals surface area contributed by atoms with Gasteiger partial charge in [0.2, 0.25) is 0 Å². The van der Waals surface area contributed by atoms with Crippen molar-refractivity contribution in [3.63, 3.8) is 0 Å². The quantitative estimate of drug-likeness (QED) is 0.841. The summed E-state index contributed by atoms with van der Waals surface area (Å²) in [6.07, 6.45) is 6.45. The molecule has 4 nitrogen and oxygen atoms in total. The number of pyridine rings is 2. The number of likely N-dealkylation sites (N-methyl/N-ethyl adjacent to an activating group) is 1. The molecule has 0 bridgehead atoms. The smallest absolute Gasteiger partial charge is 0.0553 e. The molecular weight excluding hydrogens is 296 g/mol.